The first-order valence-corrected chi connectivity index (χ1v) is 6.08. The predicted octanol–water partition coefficient (Wildman–Crippen LogP) is 1.21. The lowest BCUT2D eigenvalue weighted by atomic mass is 10.2. The van der Waals surface area contributed by atoms with Crippen molar-refractivity contribution in [1.82, 2.24) is 4.90 Å². The van der Waals surface area contributed by atoms with E-state index in [2.05, 4.69) is 4.74 Å². The van der Waals surface area contributed by atoms with Gasteiger partial charge in [0.05, 0.1) is 13.5 Å². The molecule has 0 rings (SSSR count). The van der Waals surface area contributed by atoms with E-state index < -0.39 is 0 Å². The summed E-state index contributed by atoms with van der Waals surface area (Å²) in [5, 5.41) is 0. The molecule has 0 bridgehead atoms. The van der Waals surface area contributed by atoms with Crippen LogP contribution >= 0.6 is 0 Å². The molecule has 0 aromatic carbocycles. The summed E-state index contributed by atoms with van der Waals surface area (Å²) >= 11 is 0. The Morgan fingerprint density at radius 1 is 1.18 bits per heavy atom. The summed E-state index contributed by atoms with van der Waals surface area (Å²) < 4.78 is 9.71. The van der Waals surface area contributed by atoms with Crippen molar-refractivity contribution in [2.45, 2.75) is 33.1 Å². The Bertz CT molecular complexity index is 231. The van der Waals surface area contributed by atoms with Crippen molar-refractivity contribution in [3.8, 4) is 0 Å². The van der Waals surface area contributed by atoms with Crippen LogP contribution in [-0.4, -0.2) is 50.2 Å². The Labute approximate surface area is 103 Å². The lowest BCUT2D eigenvalue weighted by Crippen LogP contribution is -2.33. The van der Waals surface area contributed by atoms with Gasteiger partial charge in [0, 0.05) is 32.7 Å². The Morgan fingerprint density at radius 2 is 1.88 bits per heavy atom. The molecule has 1 amide bonds. The maximum atomic E-state index is 11.8. The summed E-state index contributed by atoms with van der Waals surface area (Å²) in [5.74, 6) is -0.221. The number of amides is 1. The second-order valence-corrected chi connectivity index (χ2v) is 3.60. The van der Waals surface area contributed by atoms with Crippen molar-refractivity contribution in [2.24, 2.45) is 0 Å². The minimum Gasteiger partial charge on any atom is -0.469 e. The van der Waals surface area contributed by atoms with E-state index in [1.807, 2.05) is 13.8 Å². The molecule has 0 fully saturated rings. The Hall–Kier alpha value is -1.10. The van der Waals surface area contributed by atoms with E-state index in [0.29, 0.717) is 32.7 Å². The molecule has 5 heteroatoms. The van der Waals surface area contributed by atoms with Gasteiger partial charge in [0.1, 0.15) is 0 Å². The maximum absolute atomic E-state index is 11.8. The first-order valence-electron chi connectivity index (χ1n) is 6.08. The summed E-state index contributed by atoms with van der Waals surface area (Å²) in [6, 6.07) is 0. The van der Waals surface area contributed by atoms with Crippen LogP contribution in [0.15, 0.2) is 0 Å². The van der Waals surface area contributed by atoms with E-state index in [0.717, 1.165) is 6.42 Å². The van der Waals surface area contributed by atoms with E-state index in [1.165, 1.54) is 7.11 Å². The van der Waals surface area contributed by atoms with Gasteiger partial charge in [-0.2, -0.15) is 0 Å². The lowest BCUT2D eigenvalue weighted by Gasteiger charge is -2.20. The summed E-state index contributed by atoms with van der Waals surface area (Å²) in [4.78, 5) is 24.4. The number of carbonyl (C=O) groups is 2. The van der Waals surface area contributed by atoms with Crippen molar-refractivity contribution in [1.29, 1.82) is 0 Å². The van der Waals surface area contributed by atoms with Crippen LogP contribution in [0.3, 0.4) is 0 Å². The van der Waals surface area contributed by atoms with E-state index in [9.17, 15) is 9.59 Å². The zero-order valence-corrected chi connectivity index (χ0v) is 11.0. The molecule has 0 atom stereocenters. The van der Waals surface area contributed by atoms with Crippen LogP contribution in [0, 0.1) is 0 Å². The van der Waals surface area contributed by atoms with E-state index in [4.69, 9.17) is 4.74 Å². The van der Waals surface area contributed by atoms with Gasteiger partial charge in [-0.25, -0.2) is 0 Å². The zero-order chi connectivity index (χ0) is 13.1. The van der Waals surface area contributed by atoms with Crippen molar-refractivity contribution in [3.05, 3.63) is 0 Å². The van der Waals surface area contributed by atoms with Gasteiger partial charge in [0.2, 0.25) is 5.91 Å². The number of esters is 1. The highest BCUT2D eigenvalue weighted by atomic mass is 16.5. The van der Waals surface area contributed by atoms with Crippen LogP contribution < -0.4 is 0 Å². The number of carbonyl (C=O) groups excluding carboxylic acids is 2. The van der Waals surface area contributed by atoms with E-state index in [-0.39, 0.29) is 18.3 Å². The van der Waals surface area contributed by atoms with Gasteiger partial charge >= 0.3 is 5.97 Å². The first kappa shape index (κ1) is 15.9. The fourth-order valence-electron chi connectivity index (χ4n) is 1.42. The molecule has 0 radical (unpaired) electrons. The smallest absolute Gasteiger partial charge is 0.307 e. The highest BCUT2D eigenvalue weighted by molar-refractivity contribution is 5.77. The highest BCUT2D eigenvalue weighted by Gasteiger charge is 2.12. The number of ether oxygens (including phenoxy) is 2. The highest BCUT2D eigenvalue weighted by Crippen LogP contribution is 2.00. The number of hydrogen-bond acceptors (Lipinski definition) is 4. The van der Waals surface area contributed by atoms with Crippen LogP contribution in [0.5, 0.6) is 0 Å². The van der Waals surface area contributed by atoms with Gasteiger partial charge in [-0.3, -0.25) is 9.59 Å². The number of hydrogen-bond donors (Lipinski definition) is 0. The van der Waals surface area contributed by atoms with E-state index in [1.54, 1.807) is 4.90 Å². The van der Waals surface area contributed by atoms with Crippen molar-refractivity contribution < 1.29 is 19.1 Å². The SMILES string of the molecule is CCOCCCC(=O)N(CC)CCC(=O)OC. The molecule has 0 aromatic rings. The van der Waals surface area contributed by atoms with Crippen LogP contribution in [0.25, 0.3) is 0 Å². The van der Waals surface area contributed by atoms with Crippen LogP contribution in [0.2, 0.25) is 0 Å². The van der Waals surface area contributed by atoms with Gasteiger partial charge in [-0.05, 0) is 20.3 Å². The van der Waals surface area contributed by atoms with Crippen molar-refractivity contribution >= 4 is 11.9 Å². The molecule has 0 saturated carbocycles. The monoisotopic (exact) mass is 245 g/mol. The number of nitrogens with zero attached hydrogens (tertiary/aromatic N) is 1. The number of methoxy groups -OCH3 is 1. The molecular formula is C12H23NO4. The predicted molar refractivity (Wildman–Crippen MR) is 64.6 cm³/mol. The van der Waals surface area contributed by atoms with Gasteiger partial charge in [0.15, 0.2) is 0 Å². The summed E-state index contributed by atoms with van der Waals surface area (Å²) in [6.07, 6.45) is 1.44. The quantitative estimate of drug-likeness (QED) is 0.452. The fourth-order valence-corrected chi connectivity index (χ4v) is 1.42. The number of rotatable bonds is 9. The van der Waals surface area contributed by atoms with Gasteiger partial charge in [-0.1, -0.05) is 0 Å². The molecule has 0 aliphatic rings. The average Bonchev–Trinajstić information content (AvgIpc) is 2.35. The molecule has 0 aromatic heterocycles. The Balaban J connectivity index is 3.83. The molecule has 100 valence electrons. The van der Waals surface area contributed by atoms with E-state index >= 15 is 0 Å². The lowest BCUT2D eigenvalue weighted by molar-refractivity contribution is -0.141. The van der Waals surface area contributed by atoms with Gasteiger partial charge in [-0.15, -0.1) is 0 Å². The zero-order valence-electron chi connectivity index (χ0n) is 11.0. The second kappa shape index (κ2) is 10.1. The fraction of sp³-hybridized carbons (Fsp3) is 0.833. The molecule has 0 spiro atoms. The third-order valence-electron chi connectivity index (χ3n) is 2.43. The average molecular weight is 245 g/mol. The van der Waals surface area contributed by atoms with Gasteiger partial charge in [0.25, 0.3) is 0 Å². The molecule has 0 saturated heterocycles. The molecule has 17 heavy (non-hydrogen) atoms. The molecule has 0 heterocycles. The Kier molecular flexibility index (Phi) is 9.43. The third kappa shape index (κ3) is 7.74. The van der Waals surface area contributed by atoms with Crippen LogP contribution in [0.1, 0.15) is 33.1 Å². The van der Waals surface area contributed by atoms with Crippen molar-refractivity contribution in [2.75, 3.05) is 33.4 Å². The standard InChI is InChI=1S/C12H23NO4/c1-4-13(9-8-12(15)16-3)11(14)7-6-10-17-5-2/h4-10H2,1-3H3. The Morgan fingerprint density at radius 3 is 2.41 bits per heavy atom. The molecule has 0 N–H and O–H groups in total. The topological polar surface area (TPSA) is 55.8 Å². The first-order chi connectivity index (χ1) is 8.15. The molecular weight excluding hydrogens is 222 g/mol. The molecule has 5 nitrogen and oxygen atoms in total. The largest absolute Gasteiger partial charge is 0.469 e. The summed E-state index contributed by atoms with van der Waals surface area (Å²) in [7, 11) is 1.35. The van der Waals surface area contributed by atoms with Crippen molar-refractivity contribution in [3.63, 3.8) is 0 Å². The second-order valence-electron chi connectivity index (χ2n) is 3.60. The molecule has 0 aliphatic heterocycles. The summed E-state index contributed by atoms with van der Waals surface area (Å²) in [6.45, 7) is 6.15. The summed E-state index contributed by atoms with van der Waals surface area (Å²) in [5.41, 5.74) is 0. The minimum atomic E-state index is -0.287. The molecule has 0 unspecified atom stereocenters. The molecule has 0 aliphatic carbocycles. The third-order valence-corrected chi connectivity index (χ3v) is 2.43. The minimum absolute atomic E-state index is 0.0658. The normalized spacial score (nSPS) is 10.1. The maximum Gasteiger partial charge on any atom is 0.307 e. The van der Waals surface area contributed by atoms with Crippen LogP contribution in [-0.2, 0) is 19.1 Å². The van der Waals surface area contributed by atoms with Gasteiger partial charge < -0.3 is 14.4 Å². The van der Waals surface area contributed by atoms with Crippen LogP contribution in [0.4, 0.5) is 0 Å².